The predicted octanol–water partition coefficient (Wildman–Crippen LogP) is -0.0787. The smallest absolute Gasteiger partial charge is 0.343 e. The number of likely N-dealkylation sites (tertiary alicyclic amines) is 1. The average Bonchev–Trinajstić information content (AvgIpc) is 2.61. The van der Waals surface area contributed by atoms with Crippen molar-refractivity contribution < 1.29 is 4.79 Å². The van der Waals surface area contributed by atoms with Crippen LogP contribution in [-0.2, 0) is 0 Å². The molecule has 2 aliphatic rings. The number of amides is 2. The maximum absolute atomic E-state index is 11.1. The van der Waals surface area contributed by atoms with E-state index in [-0.39, 0.29) is 11.6 Å². The van der Waals surface area contributed by atoms with Gasteiger partial charge in [-0.15, -0.1) is 0 Å². The summed E-state index contributed by atoms with van der Waals surface area (Å²) in [6.45, 7) is 5.01. The molecule has 3 N–H and O–H groups in total. The summed E-state index contributed by atoms with van der Waals surface area (Å²) in [5.74, 6) is 0.459. The molecule has 0 saturated carbocycles. The number of urea groups is 1. The highest BCUT2D eigenvalue weighted by Gasteiger charge is 2.46. The van der Waals surface area contributed by atoms with E-state index in [9.17, 15) is 4.79 Å². The van der Waals surface area contributed by atoms with E-state index >= 15 is 0 Å². The largest absolute Gasteiger partial charge is 0.385 e. The Labute approximate surface area is 83.4 Å². The van der Waals surface area contributed by atoms with Gasteiger partial charge < -0.3 is 16.0 Å². The number of carbonyl (C=O) groups is 1. The first-order chi connectivity index (χ1) is 6.66. The molecule has 14 heavy (non-hydrogen) atoms. The van der Waals surface area contributed by atoms with Crippen molar-refractivity contribution in [2.24, 2.45) is 10.7 Å². The number of hydrogen-bond acceptors (Lipinski definition) is 3. The van der Waals surface area contributed by atoms with Crippen LogP contribution in [0.4, 0.5) is 4.79 Å². The zero-order chi connectivity index (χ0) is 10.2. The Morgan fingerprint density at radius 3 is 3.07 bits per heavy atom. The van der Waals surface area contributed by atoms with Crippen molar-refractivity contribution in [1.29, 1.82) is 0 Å². The molecule has 1 saturated heterocycles. The molecule has 0 aliphatic carbocycles. The molecule has 5 nitrogen and oxygen atoms in total. The van der Waals surface area contributed by atoms with Crippen LogP contribution in [0.2, 0.25) is 0 Å². The first-order valence-electron chi connectivity index (χ1n) is 5.05. The van der Waals surface area contributed by atoms with Crippen LogP contribution in [0.1, 0.15) is 19.8 Å². The van der Waals surface area contributed by atoms with Crippen LogP contribution >= 0.6 is 0 Å². The lowest BCUT2D eigenvalue weighted by atomic mass is 9.99. The minimum atomic E-state index is -0.355. The second kappa shape index (κ2) is 3.24. The van der Waals surface area contributed by atoms with Gasteiger partial charge >= 0.3 is 6.03 Å². The summed E-state index contributed by atoms with van der Waals surface area (Å²) in [6, 6.07) is -0.291. The highest BCUT2D eigenvalue weighted by Crippen LogP contribution is 2.24. The van der Waals surface area contributed by atoms with Gasteiger partial charge in [0.05, 0.1) is 0 Å². The molecule has 78 valence electrons. The van der Waals surface area contributed by atoms with Crippen molar-refractivity contribution in [3.8, 4) is 0 Å². The molecule has 2 rings (SSSR count). The predicted molar refractivity (Wildman–Crippen MR) is 54.2 cm³/mol. The van der Waals surface area contributed by atoms with Crippen LogP contribution in [-0.4, -0.2) is 41.9 Å². The first-order valence-corrected chi connectivity index (χ1v) is 5.05. The number of nitrogens with one attached hydrogen (secondary N) is 1. The summed E-state index contributed by atoms with van der Waals surface area (Å²) < 4.78 is 0. The van der Waals surface area contributed by atoms with Crippen molar-refractivity contribution in [2.45, 2.75) is 25.3 Å². The molecule has 1 atom stereocenters. The Hall–Kier alpha value is -1.10. The van der Waals surface area contributed by atoms with Crippen molar-refractivity contribution in [3.05, 3.63) is 0 Å². The van der Waals surface area contributed by atoms with Gasteiger partial charge in [-0.1, -0.05) is 6.92 Å². The van der Waals surface area contributed by atoms with Gasteiger partial charge in [-0.3, -0.25) is 0 Å². The quantitative estimate of drug-likeness (QED) is 0.649. The van der Waals surface area contributed by atoms with E-state index in [1.54, 1.807) is 0 Å². The second-order valence-corrected chi connectivity index (χ2v) is 4.04. The number of carbonyl (C=O) groups excluding carboxylic acids is 1. The summed E-state index contributed by atoms with van der Waals surface area (Å²) in [5.41, 5.74) is 5.41. The number of amidine groups is 1. The van der Waals surface area contributed by atoms with Gasteiger partial charge in [0, 0.05) is 13.1 Å². The molecule has 1 unspecified atom stereocenters. The number of nitrogens with zero attached hydrogens (tertiary/aromatic N) is 2. The number of nitrogens with two attached hydrogens (primary N) is 1. The van der Waals surface area contributed by atoms with Gasteiger partial charge in [-0.25, -0.2) is 4.79 Å². The topological polar surface area (TPSA) is 70.7 Å². The fourth-order valence-electron chi connectivity index (χ4n) is 2.22. The molecule has 2 heterocycles. The minimum Gasteiger partial charge on any atom is -0.385 e. The monoisotopic (exact) mass is 196 g/mol. The van der Waals surface area contributed by atoms with Crippen molar-refractivity contribution in [2.75, 3.05) is 19.6 Å². The van der Waals surface area contributed by atoms with Crippen molar-refractivity contribution in [1.82, 2.24) is 10.2 Å². The summed E-state index contributed by atoms with van der Waals surface area (Å²) >= 11 is 0. The molecule has 0 radical (unpaired) electrons. The first kappa shape index (κ1) is 9.45. The fourth-order valence-corrected chi connectivity index (χ4v) is 2.22. The van der Waals surface area contributed by atoms with Gasteiger partial charge in [0.1, 0.15) is 11.4 Å². The molecule has 1 spiro atoms. The van der Waals surface area contributed by atoms with Crippen LogP contribution in [0.25, 0.3) is 0 Å². The van der Waals surface area contributed by atoms with Crippen LogP contribution < -0.4 is 11.1 Å². The van der Waals surface area contributed by atoms with Crippen molar-refractivity contribution >= 4 is 11.9 Å². The third-order valence-corrected chi connectivity index (χ3v) is 2.95. The average molecular weight is 196 g/mol. The Morgan fingerprint density at radius 2 is 2.50 bits per heavy atom. The highest BCUT2D eigenvalue weighted by molar-refractivity contribution is 6.06. The zero-order valence-electron chi connectivity index (χ0n) is 8.42. The van der Waals surface area contributed by atoms with Crippen LogP contribution in [0.5, 0.6) is 0 Å². The second-order valence-electron chi connectivity index (χ2n) is 4.04. The van der Waals surface area contributed by atoms with Gasteiger partial charge in [0.2, 0.25) is 0 Å². The van der Waals surface area contributed by atoms with Crippen molar-refractivity contribution in [3.63, 3.8) is 0 Å². The summed E-state index contributed by atoms with van der Waals surface area (Å²) in [5, 5.41) is 2.86. The summed E-state index contributed by atoms with van der Waals surface area (Å²) in [7, 11) is 0. The molecule has 0 aromatic rings. The maximum atomic E-state index is 11.1. The summed E-state index contributed by atoms with van der Waals surface area (Å²) in [6.07, 6.45) is 2.01. The number of hydrogen-bond donors (Lipinski definition) is 2. The fraction of sp³-hybridized carbons (Fsp3) is 0.778. The minimum absolute atomic E-state index is 0.291. The van der Waals surface area contributed by atoms with E-state index in [0.29, 0.717) is 5.84 Å². The Kier molecular flexibility index (Phi) is 2.19. The van der Waals surface area contributed by atoms with Crippen LogP contribution in [0, 0.1) is 0 Å². The highest BCUT2D eigenvalue weighted by atomic mass is 16.2. The molecular formula is C9H16N4O. The molecule has 5 heteroatoms. The number of rotatable bonds is 2. The SMILES string of the molecule is CCCN1CCC2(C1)NC(=O)N=C2N. The molecule has 1 fully saturated rings. The summed E-state index contributed by atoms with van der Waals surface area (Å²) in [4.78, 5) is 17.1. The zero-order valence-corrected chi connectivity index (χ0v) is 8.42. The van der Waals surface area contributed by atoms with E-state index in [2.05, 4.69) is 22.1 Å². The van der Waals surface area contributed by atoms with Gasteiger partial charge in [-0.2, -0.15) is 4.99 Å². The standard InChI is InChI=1S/C9H16N4O/c1-2-4-13-5-3-9(6-13)7(10)11-8(14)12-9/h2-6H2,1H3,(H3,10,11,12,14). The molecule has 0 aromatic heterocycles. The Bertz CT molecular complexity index is 289. The molecule has 2 amide bonds. The lowest BCUT2D eigenvalue weighted by Crippen LogP contribution is -2.53. The van der Waals surface area contributed by atoms with Crippen LogP contribution in [0.3, 0.4) is 0 Å². The molecular weight excluding hydrogens is 180 g/mol. The Balaban J connectivity index is 2.07. The normalized spacial score (nSPS) is 32.4. The van der Waals surface area contributed by atoms with E-state index < -0.39 is 0 Å². The van der Waals surface area contributed by atoms with Crippen LogP contribution in [0.15, 0.2) is 4.99 Å². The van der Waals surface area contributed by atoms with E-state index in [0.717, 1.165) is 32.5 Å². The third kappa shape index (κ3) is 1.37. The van der Waals surface area contributed by atoms with Gasteiger partial charge in [0.25, 0.3) is 0 Å². The maximum Gasteiger partial charge on any atom is 0.343 e. The van der Waals surface area contributed by atoms with Gasteiger partial charge in [0.15, 0.2) is 0 Å². The van der Waals surface area contributed by atoms with Gasteiger partial charge in [-0.05, 0) is 19.4 Å². The van der Waals surface area contributed by atoms with E-state index in [4.69, 9.17) is 5.73 Å². The number of aliphatic imine (C=N–C) groups is 1. The molecule has 2 aliphatic heterocycles. The Morgan fingerprint density at radius 1 is 1.71 bits per heavy atom. The lowest BCUT2D eigenvalue weighted by Gasteiger charge is -2.23. The van der Waals surface area contributed by atoms with E-state index in [1.165, 1.54) is 0 Å². The molecule has 0 bridgehead atoms. The third-order valence-electron chi connectivity index (χ3n) is 2.95. The molecule has 0 aromatic carbocycles. The van der Waals surface area contributed by atoms with E-state index in [1.807, 2.05) is 0 Å². The lowest BCUT2D eigenvalue weighted by molar-refractivity contribution is 0.245.